The molecule has 0 aliphatic heterocycles. The van der Waals surface area contributed by atoms with Gasteiger partial charge in [-0.05, 0) is 19.1 Å². The molecule has 1 aromatic heterocycles. The first kappa shape index (κ1) is 27.3. The van der Waals surface area contributed by atoms with Crippen LogP contribution in [0.2, 0.25) is 5.02 Å². The molecule has 0 fully saturated rings. The van der Waals surface area contributed by atoms with E-state index >= 15 is 0 Å². The topological polar surface area (TPSA) is 243 Å². The van der Waals surface area contributed by atoms with Gasteiger partial charge in [0.2, 0.25) is 5.91 Å². The van der Waals surface area contributed by atoms with E-state index in [2.05, 4.69) is 25.9 Å². The first-order valence-corrected chi connectivity index (χ1v) is 10.2. The molecule has 2 rings (SSSR count). The lowest BCUT2D eigenvalue weighted by molar-refractivity contribution is -0.147. The van der Waals surface area contributed by atoms with Gasteiger partial charge in [-0.2, -0.15) is 5.26 Å². The summed E-state index contributed by atoms with van der Waals surface area (Å²) in [6.45, 7) is 1.21. The molecule has 0 saturated carbocycles. The van der Waals surface area contributed by atoms with Crippen molar-refractivity contribution < 1.29 is 39.0 Å². The van der Waals surface area contributed by atoms with Gasteiger partial charge < -0.3 is 36.5 Å². The second-order valence-electron chi connectivity index (χ2n) is 7.09. The maximum Gasteiger partial charge on any atom is 0.394 e. The first-order chi connectivity index (χ1) is 16.9. The van der Waals surface area contributed by atoms with Gasteiger partial charge in [0, 0.05) is 18.3 Å². The molecule has 1 aromatic carbocycles. The third kappa shape index (κ3) is 7.27. The average molecular weight is 520 g/mol. The molecular weight excluding hydrogens is 502 g/mol. The van der Waals surface area contributed by atoms with Crippen LogP contribution in [0.25, 0.3) is 0 Å². The molecule has 0 saturated heterocycles. The minimum absolute atomic E-state index is 0.114. The highest BCUT2D eigenvalue weighted by molar-refractivity contribution is 6.43. The third-order valence-electron chi connectivity index (χ3n) is 4.43. The molecule has 16 heteroatoms. The van der Waals surface area contributed by atoms with Crippen molar-refractivity contribution in [3.05, 3.63) is 40.9 Å². The Bertz CT molecular complexity index is 1260. The van der Waals surface area contributed by atoms with Crippen LogP contribution in [-0.4, -0.2) is 67.8 Å². The molecule has 7 N–H and O–H groups in total. The molecular formula is C20H18ClN7O8. The number of hydrogen-bond donors (Lipinski definition) is 7. The van der Waals surface area contributed by atoms with E-state index in [0.29, 0.717) is 5.69 Å². The van der Waals surface area contributed by atoms with Crippen molar-refractivity contribution in [1.29, 1.82) is 5.26 Å². The molecule has 0 bridgehead atoms. The van der Waals surface area contributed by atoms with Gasteiger partial charge in [-0.15, -0.1) is 0 Å². The molecule has 0 spiro atoms. The molecule has 188 valence electrons. The van der Waals surface area contributed by atoms with Crippen LogP contribution in [0, 0.1) is 11.3 Å². The van der Waals surface area contributed by atoms with E-state index in [1.54, 1.807) is 6.07 Å². The SMILES string of the molecule is C[C@H](NC(=O)C(=O)Nc1cc(C#N)cc(NC(=O)C(=O)O)c1Cl)C(=O)N[C@@H](Cc1cnc[nH]1)C(=O)O. The number of aromatic amines is 1. The molecule has 0 radical (unpaired) electrons. The molecule has 0 aliphatic carbocycles. The smallest absolute Gasteiger partial charge is 0.394 e. The minimum Gasteiger partial charge on any atom is -0.480 e. The summed E-state index contributed by atoms with van der Waals surface area (Å²) in [4.78, 5) is 77.0. The molecule has 4 amide bonds. The van der Waals surface area contributed by atoms with E-state index < -0.39 is 47.7 Å². The van der Waals surface area contributed by atoms with Crippen LogP contribution in [0.3, 0.4) is 0 Å². The molecule has 2 aromatic rings. The number of anilines is 2. The highest BCUT2D eigenvalue weighted by Gasteiger charge is 2.27. The molecule has 15 nitrogen and oxygen atoms in total. The number of carboxylic acids is 2. The Hall–Kier alpha value is -4.97. The van der Waals surface area contributed by atoms with Crippen LogP contribution >= 0.6 is 11.6 Å². The summed E-state index contributed by atoms with van der Waals surface area (Å²) in [7, 11) is 0. The Kier molecular flexibility index (Phi) is 9.05. The maximum atomic E-state index is 12.4. The number of H-pyrrole nitrogens is 1. The number of nitrogens with one attached hydrogen (secondary N) is 5. The third-order valence-corrected chi connectivity index (χ3v) is 4.84. The van der Waals surface area contributed by atoms with Gasteiger partial charge in [-0.3, -0.25) is 19.2 Å². The Morgan fingerprint density at radius 2 is 1.67 bits per heavy atom. The van der Waals surface area contributed by atoms with Crippen LogP contribution in [0.5, 0.6) is 0 Å². The number of halogens is 1. The van der Waals surface area contributed by atoms with Crippen molar-refractivity contribution in [1.82, 2.24) is 20.6 Å². The second kappa shape index (κ2) is 11.9. The van der Waals surface area contributed by atoms with Gasteiger partial charge in [0.15, 0.2) is 0 Å². The molecule has 2 atom stereocenters. The minimum atomic E-state index is -1.83. The molecule has 0 unspecified atom stereocenters. The summed E-state index contributed by atoms with van der Waals surface area (Å²) >= 11 is 6.05. The quantitative estimate of drug-likeness (QED) is 0.214. The summed E-state index contributed by atoms with van der Waals surface area (Å²) < 4.78 is 0. The number of imidazole rings is 1. The number of nitriles is 1. The number of aliphatic carboxylic acids is 2. The summed E-state index contributed by atoms with van der Waals surface area (Å²) in [5, 5.41) is 35.1. The highest BCUT2D eigenvalue weighted by atomic mass is 35.5. The van der Waals surface area contributed by atoms with Crippen molar-refractivity contribution >= 4 is 58.5 Å². The van der Waals surface area contributed by atoms with E-state index in [-0.39, 0.29) is 28.4 Å². The number of hydrogen-bond acceptors (Lipinski definition) is 8. The predicted molar refractivity (Wildman–Crippen MR) is 121 cm³/mol. The van der Waals surface area contributed by atoms with E-state index in [1.807, 2.05) is 5.32 Å². The number of amides is 4. The monoisotopic (exact) mass is 519 g/mol. The summed E-state index contributed by atoms with van der Waals surface area (Å²) in [6, 6.07) is 1.14. The van der Waals surface area contributed by atoms with Crippen molar-refractivity contribution in [3.63, 3.8) is 0 Å². The number of nitrogens with zero attached hydrogens (tertiary/aromatic N) is 2. The Labute approximate surface area is 206 Å². The average Bonchev–Trinajstić information content (AvgIpc) is 3.33. The van der Waals surface area contributed by atoms with Gasteiger partial charge in [-0.25, -0.2) is 14.6 Å². The van der Waals surface area contributed by atoms with Crippen LogP contribution in [0.15, 0.2) is 24.7 Å². The number of carboxylic acid groups (broad SMARTS) is 2. The van der Waals surface area contributed by atoms with E-state index in [9.17, 15) is 33.9 Å². The highest BCUT2D eigenvalue weighted by Crippen LogP contribution is 2.32. The van der Waals surface area contributed by atoms with Crippen LogP contribution < -0.4 is 21.3 Å². The fourth-order valence-electron chi connectivity index (χ4n) is 2.67. The van der Waals surface area contributed by atoms with Crippen LogP contribution in [0.1, 0.15) is 18.2 Å². The number of carbonyl (C=O) groups is 6. The Morgan fingerprint density at radius 3 is 2.17 bits per heavy atom. The van der Waals surface area contributed by atoms with Gasteiger partial charge >= 0.3 is 29.7 Å². The number of benzene rings is 1. The zero-order valence-electron chi connectivity index (χ0n) is 18.3. The van der Waals surface area contributed by atoms with Gasteiger partial charge in [0.1, 0.15) is 12.1 Å². The fourth-order valence-corrected chi connectivity index (χ4v) is 2.87. The summed E-state index contributed by atoms with van der Waals surface area (Å²) in [6.07, 6.45) is 2.60. The summed E-state index contributed by atoms with van der Waals surface area (Å²) in [5.41, 5.74) is -0.322. The zero-order chi connectivity index (χ0) is 27.0. The lowest BCUT2D eigenvalue weighted by atomic mass is 10.1. The standard InChI is InChI=1S/C20H18ClN7O8/c1-8(15(29)28-13(19(33)34)4-10-6-23-7-24-10)25-16(30)17(31)26-11-2-9(5-22)3-12(14(11)21)27-18(32)20(35)36/h2-3,6-8,13H,4H2,1H3,(H,23,24)(H,25,30)(H,26,31)(H,27,32)(H,28,29)(H,33,34)(H,35,36)/t8-,13-/m0/s1. The first-order valence-electron chi connectivity index (χ1n) is 9.83. The van der Waals surface area contributed by atoms with Crippen molar-refractivity contribution in [2.24, 2.45) is 0 Å². The van der Waals surface area contributed by atoms with Crippen molar-refractivity contribution in [3.8, 4) is 6.07 Å². The van der Waals surface area contributed by atoms with Gasteiger partial charge in [0.05, 0.1) is 34.4 Å². The van der Waals surface area contributed by atoms with E-state index in [0.717, 1.165) is 12.1 Å². The fraction of sp³-hybridized carbons (Fsp3) is 0.200. The van der Waals surface area contributed by atoms with E-state index in [1.165, 1.54) is 19.4 Å². The number of carbonyl (C=O) groups excluding carboxylic acids is 4. The second-order valence-corrected chi connectivity index (χ2v) is 7.46. The van der Waals surface area contributed by atoms with Crippen molar-refractivity contribution in [2.45, 2.75) is 25.4 Å². The normalized spacial score (nSPS) is 11.8. The molecule has 1 heterocycles. The Morgan fingerprint density at radius 1 is 1.06 bits per heavy atom. The lowest BCUT2D eigenvalue weighted by Crippen LogP contribution is -2.52. The molecule has 0 aliphatic rings. The predicted octanol–water partition coefficient (Wildman–Crippen LogP) is -0.787. The van der Waals surface area contributed by atoms with Crippen molar-refractivity contribution in [2.75, 3.05) is 10.6 Å². The summed E-state index contributed by atoms with van der Waals surface area (Å²) in [5.74, 6) is -8.17. The zero-order valence-corrected chi connectivity index (χ0v) is 19.0. The van der Waals surface area contributed by atoms with Gasteiger partial charge in [0.25, 0.3) is 0 Å². The van der Waals surface area contributed by atoms with Crippen LogP contribution in [0.4, 0.5) is 11.4 Å². The number of rotatable bonds is 8. The largest absolute Gasteiger partial charge is 0.480 e. The van der Waals surface area contributed by atoms with Crippen LogP contribution in [-0.2, 0) is 35.2 Å². The number of aromatic nitrogens is 2. The lowest BCUT2D eigenvalue weighted by Gasteiger charge is -2.18. The van der Waals surface area contributed by atoms with Gasteiger partial charge in [-0.1, -0.05) is 11.6 Å². The Balaban J connectivity index is 2.07. The maximum absolute atomic E-state index is 12.4. The molecule has 36 heavy (non-hydrogen) atoms. The van der Waals surface area contributed by atoms with E-state index in [4.69, 9.17) is 22.0 Å².